The molecule has 0 aliphatic heterocycles. The summed E-state index contributed by atoms with van der Waals surface area (Å²) in [6, 6.07) is 25.1. The quantitative estimate of drug-likeness (QED) is 0.314. The highest BCUT2D eigenvalue weighted by Gasteiger charge is 2.26. The molecule has 1 heterocycles. The van der Waals surface area contributed by atoms with Gasteiger partial charge >= 0.3 is 0 Å². The molecule has 6 rings (SSSR count). The lowest BCUT2D eigenvalue weighted by molar-refractivity contribution is 0.319. The van der Waals surface area contributed by atoms with Gasteiger partial charge in [0.25, 0.3) is 0 Å². The zero-order valence-electron chi connectivity index (χ0n) is 20.6. The fraction of sp³-hybridized carbons (Fsp3) is 0.419. The largest absolute Gasteiger partial charge is 0.339 e. The second-order valence-corrected chi connectivity index (χ2v) is 10.6. The Hall–Kier alpha value is -2.98. The van der Waals surface area contributed by atoms with Crippen LogP contribution in [-0.2, 0) is 0 Å². The highest BCUT2D eigenvalue weighted by atomic mass is 16.5. The molecule has 0 saturated heterocycles. The number of nitrogens with one attached hydrogen (secondary N) is 1. The van der Waals surface area contributed by atoms with E-state index in [9.17, 15) is 0 Å². The lowest BCUT2D eigenvalue weighted by Crippen LogP contribution is -2.35. The zero-order valence-corrected chi connectivity index (χ0v) is 20.6. The average Bonchev–Trinajstić information content (AvgIpc) is 3.61. The van der Waals surface area contributed by atoms with E-state index < -0.39 is 0 Å². The molecule has 4 aromatic rings. The summed E-state index contributed by atoms with van der Waals surface area (Å²) in [6.45, 7) is 2.31. The van der Waals surface area contributed by atoms with Crippen molar-refractivity contribution in [3.63, 3.8) is 0 Å². The number of hydrogen-bond donors (Lipinski definition) is 1. The van der Waals surface area contributed by atoms with Crippen molar-refractivity contribution >= 4 is 10.8 Å². The molecule has 2 fully saturated rings. The third-order valence-electron chi connectivity index (χ3n) is 8.24. The van der Waals surface area contributed by atoms with Crippen LogP contribution in [0.1, 0.15) is 93.2 Å². The van der Waals surface area contributed by atoms with Gasteiger partial charge in [0.2, 0.25) is 11.7 Å². The summed E-state index contributed by atoms with van der Waals surface area (Å²) in [4.78, 5) is 4.71. The van der Waals surface area contributed by atoms with Gasteiger partial charge in [0, 0.05) is 23.6 Å². The topological polar surface area (TPSA) is 51.0 Å². The van der Waals surface area contributed by atoms with E-state index in [0.717, 1.165) is 17.3 Å². The van der Waals surface area contributed by atoms with Crippen molar-refractivity contribution in [1.82, 2.24) is 15.5 Å². The maximum absolute atomic E-state index is 5.59. The first-order valence-electron chi connectivity index (χ1n) is 13.4. The van der Waals surface area contributed by atoms with Crippen LogP contribution in [0.3, 0.4) is 0 Å². The first-order valence-corrected chi connectivity index (χ1v) is 13.4. The second-order valence-electron chi connectivity index (χ2n) is 10.6. The Morgan fingerprint density at radius 3 is 2.46 bits per heavy atom. The normalized spacial score (nSPS) is 22.0. The molecule has 4 heteroatoms. The molecular formula is C31H35N3O. The third-order valence-corrected chi connectivity index (χ3v) is 8.24. The summed E-state index contributed by atoms with van der Waals surface area (Å²) < 4.78 is 5.59. The highest BCUT2D eigenvalue weighted by Crippen LogP contribution is 2.36. The molecule has 0 radical (unpaired) electrons. The van der Waals surface area contributed by atoms with Gasteiger partial charge in [0.1, 0.15) is 0 Å². The van der Waals surface area contributed by atoms with Gasteiger partial charge in [-0.25, -0.2) is 0 Å². The Morgan fingerprint density at radius 2 is 1.60 bits per heavy atom. The molecular weight excluding hydrogens is 430 g/mol. The number of fused-ring (bicyclic) bond motifs is 1. The maximum Gasteiger partial charge on any atom is 0.230 e. The number of benzene rings is 3. The molecule has 2 aliphatic carbocycles. The monoisotopic (exact) mass is 465 g/mol. The van der Waals surface area contributed by atoms with E-state index in [-0.39, 0.29) is 0 Å². The van der Waals surface area contributed by atoms with E-state index >= 15 is 0 Å². The standard InChI is InChI=1S/C31H35N3O/c1-21(28-15-7-11-23-8-4-5-14-29(23)28)32-27-13-6-12-26(20-27)22-16-18-24(19-17-22)30-33-31(35-34-30)25-9-2-3-10-25/h4-5,7-8,11,14-19,21,25-27,32H,2-3,6,9-10,12-13,20H2,1H3/t21?,26-,27?/m0/s1. The van der Waals surface area contributed by atoms with Gasteiger partial charge in [-0.15, -0.1) is 0 Å². The van der Waals surface area contributed by atoms with Crippen molar-refractivity contribution in [1.29, 1.82) is 0 Å². The highest BCUT2D eigenvalue weighted by molar-refractivity contribution is 5.86. The molecule has 0 spiro atoms. The molecule has 1 N–H and O–H groups in total. The third kappa shape index (κ3) is 4.77. The minimum Gasteiger partial charge on any atom is -0.339 e. The van der Waals surface area contributed by atoms with Gasteiger partial charge in [-0.2, -0.15) is 4.98 Å². The smallest absolute Gasteiger partial charge is 0.230 e. The van der Waals surface area contributed by atoms with Gasteiger partial charge < -0.3 is 9.84 Å². The number of rotatable bonds is 6. The van der Waals surface area contributed by atoms with E-state index in [1.54, 1.807) is 0 Å². The Bertz CT molecular complexity index is 1270. The molecule has 4 nitrogen and oxygen atoms in total. The van der Waals surface area contributed by atoms with Crippen molar-refractivity contribution < 1.29 is 4.52 Å². The molecule has 2 saturated carbocycles. The fourth-order valence-corrected chi connectivity index (χ4v) is 6.31. The molecule has 1 aromatic heterocycles. The van der Waals surface area contributed by atoms with Crippen LogP contribution in [0.15, 0.2) is 71.3 Å². The van der Waals surface area contributed by atoms with Gasteiger partial charge in [-0.1, -0.05) is 91.1 Å². The van der Waals surface area contributed by atoms with Crippen molar-refractivity contribution in [3.8, 4) is 11.4 Å². The molecule has 180 valence electrons. The second kappa shape index (κ2) is 9.94. The molecule has 3 atom stereocenters. The Morgan fingerprint density at radius 1 is 0.829 bits per heavy atom. The van der Waals surface area contributed by atoms with E-state index in [0.29, 0.717) is 23.9 Å². The maximum atomic E-state index is 5.59. The zero-order chi connectivity index (χ0) is 23.6. The molecule has 0 amide bonds. The van der Waals surface area contributed by atoms with Crippen LogP contribution < -0.4 is 5.32 Å². The van der Waals surface area contributed by atoms with Crippen LogP contribution in [0.5, 0.6) is 0 Å². The summed E-state index contributed by atoms with van der Waals surface area (Å²) in [7, 11) is 0. The first-order chi connectivity index (χ1) is 17.2. The SMILES string of the molecule is CC(NC1CCC[C@H](c2ccc(-c3noc(C4CCCC4)n3)cc2)C1)c1cccc2ccccc12. The Labute approximate surface area is 208 Å². The number of aromatic nitrogens is 2. The van der Waals surface area contributed by atoms with Crippen LogP contribution in [0.25, 0.3) is 22.2 Å². The number of nitrogens with zero attached hydrogens (tertiary/aromatic N) is 2. The number of hydrogen-bond acceptors (Lipinski definition) is 4. The van der Waals surface area contributed by atoms with Gasteiger partial charge in [-0.05, 0) is 66.8 Å². The van der Waals surface area contributed by atoms with Gasteiger partial charge in [-0.3, -0.25) is 0 Å². The summed E-state index contributed by atoms with van der Waals surface area (Å²) in [5.41, 5.74) is 3.88. The van der Waals surface area contributed by atoms with Gasteiger partial charge in [0.15, 0.2) is 0 Å². The van der Waals surface area contributed by atoms with Crippen molar-refractivity contribution in [3.05, 3.63) is 83.7 Å². The average molecular weight is 466 g/mol. The van der Waals surface area contributed by atoms with Crippen LogP contribution in [0.2, 0.25) is 0 Å². The molecule has 2 aliphatic rings. The predicted octanol–water partition coefficient (Wildman–Crippen LogP) is 7.92. The summed E-state index contributed by atoms with van der Waals surface area (Å²) in [5, 5.41) is 10.9. The predicted molar refractivity (Wildman–Crippen MR) is 141 cm³/mol. The van der Waals surface area contributed by atoms with E-state index in [2.05, 4.69) is 84.1 Å². The lowest BCUT2D eigenvalue weighted by atomic mass is 9.80. The van der Waals surface area contributed by atoms with Crippen LogP contribution in [-0.4, -0.2) is 16.2 Å². The Kier molecular flexibility index (Phi) is 6.39. The molecule has 2 unspecified atom stereocenters. The minimum atomic E-state index is 0.333. The van der Waals surface area contributed by atoms with E-state index in [1.807, 2.05) is 0 Å². The van der Waals surface area contributed by atoms with E-state index in [4.69, 9.17) is 9.51 Å². The van der Waals surface area contributed by atoms with Crippen LogP contribution >= 0.6 is 0 Å². The summed E-state index contributed by atoms with van der Waals surface area (Å²) >= 11 is 0. The summed E-state index contributed by atoms with van der Waals surface area (Å²) in [5.74, 6) is 2.60. The molecule has 3 aromatic carbocycles. The summed E-state index contributed by atoms with van der Waals surface area (Å²) in [6.07, 6.45) is 9.85. The van der Waals surface area contributed by atoms with Crippen LogP contribution in [0, 0.1) is 0 Å². The Balaban J connectivity index is 1.12. The fourth-order valence-electron chi connectivity index (χ4n) is 6.31. The first kappa shape index (κ1) is 22.5. The van der Waals surface area contributed by atoms with E-state index in [1.165, 1.54) is 73.3 Å². The van der Waals surface area contributed by atoms with Crippen molar-refractivity contribution in [2.75, 3.05) is 0 Å². The van der Waals surface area contributed by atoms with Crippen LogP contribution in [0.4, 0.5) is 0 Å². The van der Waals surface area contributed by atoms with Crippen molar-refractivity contribution in [2.45, 2.75) is 82.2 Å². The van der Waals surface area contributed by atoms with Gasteiger partial charge in [0.05, 0.1) is 0 Å². The van der Waals surface area contributed by atoms with Crippen molar-refractivity contribution in [2.24, 2.45) is 0 Å². The lowest BCUT2D eigenvalue weighted by Gasteiger charge is -2.32. The molecule has 0 bridgehead atoms. The minimum absolute atomic E-state index is 0.333. The molecule has 35 heavy (non-hydrogen) atoms.